The minimum absolute atomic E-state index is 0.770. The van der Waals surface area contributed by atoms with E-state index in [9.17, 15) is 0 Å². The van der Waals surface area contributed by atoms with E-state index in [1.54, 1.807) is 17.5 Å². The molecule has 1 aliphatic rings. The largest absolute Gasteiger partial charge is 0.378 e. The molecular weight excluding hydrogens is 370 g/mol. The van der Waals surface area contributed by atoms with Crippen molar-refractivity contribution in [1.29, 1.82) is 0 Å². The van der Waals surface area contributed by atoms with Gasteiger partial charge in [-0.15, -0.1) is 11.3 Å². The Labute approximate surface area is 167 Å². The summed E-state index contributed by atoms with van der Waals surface area (Å²) in [5.74, 6) is 0.940. The van der Waals surface area contributed by atoms with Crippen molar-refractivity contribution >= 4 is 28.5 Å². The van der Waals surface area contributed by atoms with Crippen LogP contribution in [-0.2, 0) is 11.3 Å². The molecule has 0 bridgehead atoms. The molecule has 7 heteroatoms. The zero-order valence-electron chi connectivity index (χ0n) is 15.4. The maximum absolute atomic E-state index is 5.44. The van der Waals surface area contributed by atoms with Crippen LogP contribution in [0.25, 0.3) is 16.9 Å². The van der Waals surface area contributed by atoms with Crippen LogP contribution < -0.4 is 10.2 Å². The summed E-state index contributed by atoms with van der Waals surface area (Å²) in [7, 11) is 0. The van der Waals surface area contributed by atoms with Gasteiger partial charge in [0.2, 0.25) is 0 Å². The van der Waals surface area contributed by atoms with Crippen LogP contribution in [0.2, 0.25) is 0 Å². The van der Waals surface area contributed by atoms with E-state index in [2.05, 4.69) is 63.2 Å². The lowest BCUT2D eigenvalue weighted by Gasteiger charge is -2.28. The third-order valence-electron chi connectivity index (χ3n) is 4.92. The molecule has 1 N–H and O–H groups in total. The van der Waals surface area contributed by atoms with Crippen LogP contribution in [0.3, 0.4) is 0 Å². The standard InChI is InChI=1S/C21H21N5OS/c1-2-18(28-13-1)15-22-21-14-19(24-20-7-8-23-26(20)21)16-3-5-17(6-4-16)25-9-11-27-12-10-25/h1-8,13-14,22H,9-12,15H2. The van der Waals surface area contributed by atoms with Crippen molar-refractivity contribution in [3.8, 4) is 11.3 Å². The number of hydrogen-bond acceptors (Lipinski definition) is 6. The van der Waals surface area contributed by atoms with Crippen molar-refractivity contribution in [2.45, 2.75) is 6.54 Å². The second-order valence-corrected chi connectivity index (χ2v) is 7.74. The quantitative estimate of drug-likeness (QED) is 0.559. The van der Waals surface area contributed by atoms with Crippen molar-refractivity contribution in [3.05, 3.63) is 65.0 Å². The zero-order valence-corrected chi connectivity index (χ0v) is 16.2. The van der Waals surface area contributed by atoms with Crippen molar-refractivity contribution in [1.82, 2.24) is 14.6 Å². The van der Waals surface area contributed by atoms with Crippen LogP contribution in [0.15, 0.2) is 60.1 Å². The molecule has 1 aromatic carbocycles. The molecule has 4 heterocycles. The van der Waals surface area contributed by atoms with Gasteiger partial charge >= 0.3 is 0 Å². The Kier molecular flexibility index (Phi) is 4.68. The fraction of sp³-hybridized carbons (Fsp3) is 0.238. The highest BCUT2D eigenvalue weighted by Crippen LogP contribution is 2.26. The molecule has 3 aromatic heterocycles. The van der Waals surface area contributed by atoms with Crippen LogP contribution in [0.1, 0.15) is 4.88 Å². The number of anilines is 2. The van der Waals surface area contributed by atoms with Gasteiger partial charge in [0.15, 0.2) is 5.65 Å². The molecule has 0 aliphatic carbocycles. The number of rotatable bonds is 5. The van der Waals surface area contributed by atoms with E-state index in [1.165, 1.54) is 10.6 Å². The number of aromatic nitrogens is 3. The summed E-state index contributed by atoms with van der Waals surface area (Å²) < 4.78 is 7.29. The SMILES string of the molecule is c1csc(CNc2cc(-c3ccc(N4CCOCC4)cc3)nc3ccnn23)c1. The van der Waals surface area contributed by atoms with Crippen LogP contribution in [0, 0.1) is 0 Å². The lowest BCUT2D eigenvalue weighted by atomic mass is 10.1. The smallest absolute Gasteiger partial charge is 0.157 e. The van der Waals surface area contributed by atoms with Gasteiger partial charge in [-0.1, -0.05) is 18.2 Å². The van der Waals surface area contributed by atoms with Crippen molar-refractivity contribution < 1.29 is 4.74 Å². The van der Waals surface area contributed by atoms with Crippen molar-refractivity contribution in [2.75, 3.05) is 36.5 Å². The first kappa shape index (κ1) is 17.2. The van der Waals surface area contributed by atoms with E-state index in [1.807, 2.05) is 10.6 Å². The van der Waals surface area contributed by atoms with Gasteiger partial charge in [-0.25, -0.2) is 4.98 Å². The predicted octanol–water partition coefficient (Wildman–Crippen LogP) is 3.91. The van der Waals surface area contributed by atoms with E-state index in [0.29, 0.717) is 0 Å². The summed E-state index contributed by atoms with van der Waals surface area (Å²) >= 11 is 1.74. The number of hydrogen-bond donors (Lipinski definition) is 1. The van der Waals surface area contributed by atoms with Crippen LogP contribution in [-0.4, -0.2) is 40.9 Å². The second kappa shape index (κ2) is 7.61. The van der Waals surface area contributed by atoms with E-state index < -0.39 is 0 Å². The fourth-order valence-electron chi connectivity index (χ4n) is 3.44. The number of thiophene rings is 1. The molecule has 142 valence electrons. The number of nitrogens with one attached hydrogen (secondary N) is 1. The lowest BCUT2D eigenvalue weighted by Crippen LogP contribution is -2.36. The van der Waals surface area contributed by atoms with Crippen LogP contribution >= 0.6 is 11.3 Å². The van der Waals surface area contributed by atoms with E-state index in [-0.39, 0.29) is 0 Å². The zero-order chi connectivity index (χ0) is 18.8. The molecule has 5 rings (SSSR count). The minimum atomic E-state index is 0.770. The number of ether oxygens (including phenoxy) is 1. The molecule has 0 unspecified atom stereocenters. The summed E-state index contributed by atoms with van der Waals surface area (Å²) in [5, 5.41) is 10.00. The van der Waals surface area contributed by atoms with Gasteiger partial charge in [0.05, 0.1) is 31.6 Å². The van der Waals surface area contributed by atoms with E-state index in [0.717, 1.165) is 55.6 Å². The Hall–Kier alpha value is -2.90. The summed E-state index contributed by atoms with van der Waals surface area (Å²) in [6.07, 6.45) is 1.78. The molecule has 6 nitrogen and oxygen atoms in total. The van der Waals surface area contributed by atoms with E-state index in [4.69, 9.17) is 9.72 Å². The van der Waals surface area contributed by atoms with Gasteiger partial charge in [0.1, 0.15) is 5.82 Å². The Bertz CT molecular complexity index is 1050. The molecule has 0 atom stereocenters. The summed E-state index contributed by atoms with van der Waals surface area (Å²) in [6.45, 7) is 4.24. The number of nitrogens with zero attached hydrogens (tertiary/aromatic N) is 4. The summed E-state index contributed by atoms with van der Waals surface area (Å²) in [6, 6.07) is 16.8. The Morgan fingerprint density at radius 3 is 2.71 bits per heavy atom. The average Bonchev–Trinajstić information content (AvgIpc) is 3.44. The third-order valence-corrected chi connectivity index (χ3v) is 5.80. The highest BCUT2D eigenvalue weighted by Gasteiger charge is 2.12. The molecule has 0 spiro atoms. The fourth-order valence-corrected chi connectivity index (χ4v) is 4.09. The minimum Gasteiger partial charge on any atom is -0.378 e. The second-order valence-electron chi connectivity index (χ2n) is 6.71. The van der Waals surface area contributed by atoms with Gasteiger partial charge < -0.3 is 15.0 Å². The molecule has 0 amide bonds. The van der Waals surface area contributed by atoms with Gasteiger partial charge in [0, 0.05) is 41.4 Å². The monoisotopic (exact) mass is 391 g/mol. The topological polar surface area (TPSA) is 54.7 Å². The molecule has 28 heavy (non-hydrogen) atoms. The maximum Gasteiger partial charge on any atom is 0.157 e. The van der Waals surface area contributed by atoms with Gasteiger partial charge in [-0.2, -0.15) is 9.61 Å². The van der Waals surface area contributed by atoms with Gasteiger partial charge in [0.25, 0.3) is 0 Å². The number of fused-ring (bicyclic) bond motifs is 1. The first-order valence-electron chi connectivity index (χ1n) is 9.41. The summed E-state index contributed by atoms with van der Waals surface area (Å²) in [4.78, 5) is 8.42. The van der Waals surface area contributed by atoms with Crippen molar-refractivity contribution in [2.24, 2.45) is 0 Å². The molecule has 4 aromatic rings. The molecule has 0 radical (unpaired) electrons. The Morgan fingerprint density at radius 2 is 1.93 bits per heavy atom. The first-order valence-corrected chi connectivity index (χ1v) is 10.3. The molecule has 1 aliphatic heterocycles. The van der Waals surface area contributed by atoms with E-state index >= 15 is 0 Å². The highest BCUT2D eigenvalue weighted by molar-refractivity contribution is 7.09. The first-order chi connectivity index (χ1) is 13.9. The normalized spacial score (nSPS) is 14.5. The highest BCUT2D eigenvalue weighted by atomic mass is 32.1. The van der Waals surface area contributed by atoms with Crippen LogP contribution in [0.5, 0.6) is 0 Å². The molecule has 1 fully saturated rings. The van der Waals surface area contributed by atoms with Crippen molar-refractivity contribution in [3.63, 3.8) is 0 Å². The predicted molar refractivity (Wildman–Crippen MR) is 113 cm³/mol. The number of benzene rings is 1. The molecule has 0 saturated carbocycles. The number of morpholine rings is 1. The average molecular weight is 392 g/mol. The Balaban J connectivity index is 1.43. The molecule has 1 saturated heterocycles. The summed E-state index contributed by atoms with van der Waals surface area (Å²) in [5.41, 5.74) is 4.10. The van der Waals surface area contributed by atoms with Gasteiger partial charge in [-0.3, -0.25) is 0 Å². The Morgan fingerprint density at radius 1 is 1.07 bits per heavy atom. The van der Waals surface area contributed by atoms with Gasteiger partial charge in [-0.05, 0) is 23.6 Å². The van der Waals surface area contributed by atoms with Crippen LogP contribution in [0.4, 0.5) is 11.5 Å². The maximum atomic E-state index is 5.44. The lowest BCUT2D eigenvalue weighted by molar-refractivity contribution is 0.122. The third kappa shape index (κ3) is 3.46. The molecular formula is C21H21N5OS.